The van der Waals surface area contributed by atoms with Crippen LogP contribution in [0.4, 0.5) is 17.6 Å². The van der Waals surface area contributed by atoms with E-state index >= 15 is 0 Å². The van der Waals surface area contributed by atoms with Gasteiger partial charge in [0, 0.05) is 0 Å². The molecule has 0 aliphatic heterocycles. The molecule has 0 fully saturated rings. The molecule has 0 aliphatic carbocycles. The second kappa shape index (κ2) is 13.2. The normalized spacial score (nSPS) is 8.96. The summed E-state index contributed by atoms with van der Waals surface area (Å²) in [5.74, 6) is -3.13. The quantitative estimate of drug-likeness (QED) is 0.479. The van der Waals surface area contributed by atoms with E-state index in [0.29, 0.717) is 11.1 Å². The first kappa shape index (κ1) is 26.2. The Bertz CT molecular complexity index is 632. The van der Waals surface area contributed by atoms with Crippen LogP contribution in [0.25, 0.3) is 0 Å². The lowest BCUT2D eigenvalue weighted by Crippen LogP contribution is -1.97. The van der Waals surface area contributed by atoms with Crippen LogP contribution in [0.1, 0.15) is 49.9 Å². The van der Waals surface area contributed by atoms with Gasteiger partial charge < -0.3 is 4.74 Å². The van der Waals surface area contributed by atoms with Gasteiger partial charge in [0.25, 0.3) is 0 Å². The van der Waals surface area contributed by atoms with Gasteiger partial charge in [0.05, 0.1) is 7.11 Å². The summed E-state index contributed by atoms with van der Waals surface area (Å²) in [7, 11) is 1.25. The molecule has 148 valence electrons. The highest BCUT2D eigenvalue weighted by molar-refractivity contribution is 5.37. The largest absolute Gasteiger partial charge is 0.491 e. The van der Waals surface area contributed by atoms with Gasteiger partial charge in [-0.3, -0.25) is 0 Å². The summed E-state index contributed by atoms with van der Waals surface area (Å²) in [6.07, 6.45) is 0. The molecule has 0 radical (unpaired) electrons. The van der Waals surface area contributed by atoms with Crippen LogP contribution in [0, 0.1) is 51.0 Å². The molecule has 2 rings (SSSR count). The lowest BCUT2D eigenvalue weighted by molar-refractivity contribution is 0.358. The van der Waals surface area contributed by atoms with Crippen molar-refractivity contribution < 1.29 is 22.3 Å². The minimum atomic E-state index is -0.775. The fourth-order valence-electron chi connectivity index (χ4n) is 1.74. The van der Waals surface area contributed by atoms with Crippen molar-refractivity contribution in [1.29, 1.82) is 0 Å². The van der Waals surface area contributed by atoms with Crippen LogP contribution >= 0.6 is 0 Å². The molecule has 0 saturated carbocycles. The van der Waals surface area contributed by atoms with Gasteiger partial charge in [0.2, 0.25) is 0 Å². The first-order valence-corrected chi connectivity index (χ1v) is 8.60. The molecular formula is C21H30F4O. The van der Waals surface area contributed by atoms with Crippen molar-refractivity contribution in [2.75, 3.05) is 7.11 Å². The van der Waals surface area contributed by atoms with Crippen molar-refractivity contribution in [3.8, 4) is 5.75 Å². The van der Waals surface area contributed by atoms with E-state index in [0.717, 1.165) is 11.1 Å². The molecule has 0 heterocycles. The summed E-state index contributed by atoms with van der Waals surface area (Å²) < 4.78 is 55.4. The minimum Gasteiger partial charge on any atom is -0.491 e. The maximum absolute atomic E-state index is 13.2. The molecule has 1 nitrogen and oxygen atoms in total. The van der Waals surface area contributed by atoms with E-state index in [1.54, 1.807) is 27.7 Å². The fourth-order valence-corrected chi connectivity index (χ4v) is 1.74. The molecular weight excluding hydrogens is 344 g/mol. The van der Waals surface area contributed by atoms with Crippen molar-refractivity contribution in [2.45, 2.75) is 55.4 Å². The SMILES string of the molecule is CC.CC.COc1c(F)cc(C)c(C)c1F.Cc1cc(F)c(F)cc1C. The van der Waals surface area contributed by atoms with E-state index in [1.165, 1.54) is 25.3 Å². The van der Waals surface area contributed by atoms with Crippen molar-refractivity contribution in [3.05, 3.63) is 63.7 Å². The first-order chi connectivity index (χ1) is 12.2. The zero-order valence-electron chi connectivity index (χ0n) is 17.2. The van der Waals surface area contributed by atoms with Crippen molar-refractivity contribution in [3.63, 3.8) is 0 Å². The Labute approximate surface area is 155 Å². The molecule has 0 bridgehead atoms. The minimum absolute atomic E-state index is 0.307. The zero-order chi connectivity index (χ0) is 21.0. The van der Waals surface area contributed by atoms with Gasteiger partial charge in [0.1, 0.15) is 0 Å². The number of halogens is 4. The molecule has 26 heavy (non-hydrogen) atoms. The molecule has 0 spiro atoms. The molecule has 0 aliphatic rings. The first-order valence-electron chi connectivity index (χ1n) is 8.60. The van der Waals surface area contributed by atoms with E-state index in [4.69, 9.17) is 0 Å². The second-order valence-electron chi connectivity index (χ2n) is 5.00. The van der Waals surface area contributed by atoms with E-state index in [-0.39, 0.29) is 5.75 Å². The fraction of sp³-hybridized carbons (Fsp3) is 0.429. The van der Waals surface area contributed by atoms with E-state index in [1.807, 2.05) is 27.7 Å². The molecule has 0 aromatic heterocycles. The lowest BCUT2D eigenvalue weighted by Gasteiger charge is -2.07. The number of methoxy groups -OCH3 is 1. The molecule has 0 unspecified atom stereocenters. The van der Waals surface area contributed by atoms with Gasteiger partial charge in [-0.15, -0.1) is 0 Å². The molecule has 0 saturated heterocycles. The van der Waals surface area contributed by atoms with Crippen LogP contribution in [-0.2, 0) is 0 Å². The topological polar surface area (TPSA) is 9.23 Å². The summed E-state index contributed by atoms with van der Waals surface area (Å²) >= 11 is 0. The number of aryl methyl sites for hydroxylation is 3. The van der Waals surface area contributed by atoms with Gasteiger partial charge in [-0.1, -0.05) is 27.7 Å². The maximum atomic E-state index is 13.2. The van der Waals surface area contributed by atoms with Crippen molar-refractivity contribution in [2.24, 2.45) is 0 Å². The zero-order valence-corrected chi connectivity index (χ0v) is 17.2. The summed E-state index contributed by atoms with van der Waals surface area (Å²) in [6.45, 7) is 14.7. The van der Waals surface area contributed by atoms with Gasteiger partial charge in [-0.25, -0.2) is 17.6 Å². The molecule has 0 amide bonds. The van der Waals surface area contributed by atoms with Crippen LogP contribution in [0.2, 0.25) is 0 Å². The highest BCUT2D eigenvalue weighted by Crippen LogP contribution is 2.26. The standard InChI is InChI=1S/C9H10F2O.C8H8F2.2C2H6/c1-5-4-7(10)9(12-3)8(11)6(5)2;1-5-3-7(9)8(10)4-6(5)2;2*1-2/h4H,1-3H3;3-4H,1-2H3;2*1-2H3. The predicted molar refractivity (Wildman–Crippen MR) is 101 cm³/mol. The summed E-state index contributed by atoms with van der Waals surface area (Å²) in [4.78, 5) is 0. The van der Waals surface area contributed by atoms with Gasteiger partial charge >= 0.3 is 0 Å². The molecule has 0 N–H and O–H groups in total. The average Bonchev–Trinajstić information content (AvgIpc) is 2.62. The van der Waals surface area contributed by atoms with Gasteiger partial charge in [0.15, 0.2) is 29.0 Å². The third-order valence-corrected chi connectivity index (χ3v) is 3.42. The van der Waals surface area contributed by atoms with Gasteiger partial charge in [-0.2, -0.15) is 0 Å². The van der Waals surface area contributed by atoms with Crippen molar-refractivity contribution >= 4 is 0 Å². The molecule has 0 atom stereocenters. The molecule has 2 aromatic carbocycles. The summed E-state index contributed by atoms with van der Waals surface area (Å²) in [5, 5.41) is 0. The number of rotatable bonds is 1. The van der Waals surface area contributed by atoms with Crippen LogP contribution in [-0.4, -0.2) is 7.11 Å². The van der Waals surface area contributed by atoms with Crippen LogP contribution in [0.15, 0.2) is 18.2 Å². The number of hydrogen-bond donors (Lipinski definition) is 0. The van der Waals surface area contributed by atoms with E-state index in [9.17, 15) is 17.6 Å². The number of ether oxygens (including phenoxy) is 1. The van der Waals surface area contributed by atoms with Crippen LogP contribution in [0.3, 0.4) is 0 Å². The smallest absolute Gasteiger partial charge is 0.190 e. The maximum Gasteiger partial charge on any atom is 0.190 e. The van der Waals surface area contributed by atoms with Gasteiger partial charge in [-0.05, 0) is 68.1 Å². The van der Waals surface area contributed by atoms with Crippen molar-refractivity contribution in [1.82, 2.24) is 0 Å². The van der Waals surface area contributed by atoms with Crippen LogP contribution < -0.4 is 4.74 Å². The number of benzene rings is 2. The average molecular weight is 374 g/mol. The molecule has 2 aromatic rings. The summed E-state index contributed by atoms with van der Waals surface area (Å²) in [6, 6.07) is 3.66. The predicted octanol–water partition coefficient (Wildman–Crippen LogP) is 7.22. The Hall–Kier alpha value is -2.04. The Kier molecular flexibility index (Phi) is 13.3. The third kappa shape index (κ3) is 7.46. The van der Waals surface area contributed by atoms with E-state index in [2.05, 4.69) is 4.74 Å². The Morgan fingerprint density at radius 3 is 1.31 bits per heavy atom. The van der Waals surface area contributed by atoms with Crippen LogP contribution in [0.5, 0.6) is 5.75 Å². The number of hydrogen-bond acceptors (Lipinski definition) is 1. The molecule has 5 heteroatoms. The summed E-state index contributed by atoms with van der Waals surface area (Å²) in [5.41, 5.74) is 2.57. The van der Waals surface area contributed by atoms with E-state index < -0.39 is 23.3 Å². The second-order valence-corrected chi connectivity index (χ2v) is 5.00. The third-order valence-electron chi connectivity index (χ3n) is 3.42. The Morgan fingerprint density at radius 1 is 0.615 bits per heavy atom. The lowest BCUT2D eigenvalue weighted by atomic mass is 10.1. The Balaban J connectivity index is 0. The highest BCUT2D eigenvalue weighted by atomic mass is 19.2. The Morgan fingerprint density at radius 2 is 0.962 bits per heavy atom. The monoisotopic (exact) mass is 374 g/mol. The highest BCUT2D eigenvalue weighted by Gasteiger charge is 2.13.